The van der Waals surface area contributed by atoms with Crippen LogP contribution in [0.4, 0.5) is 4.39 Å². The van der Waals surface area contributed by atoms with Crippen LogP contribution in [-0.2, 0) is 24.4 Å². The molecule has 1 aliphatic rings. The molecule has 1 saturated carbocycles. The Morgan fingerprint density at radius 3 is 2.28 bits per heavy atom. The molecule has 1 aliphatic carbocycles. The van der Waals surface area contributed by atoms with Crippen LogP contribution in [0.5, 0.6) is 0 Å². The van der Waals surface area contributed by atoms with Gasteiger partial charge in [0, 0.05) is 19.1 Å². The number of halogens is 1. The largest absolute Gasteiger partial charge is 0.467 e. The summed E-state index contributed by atoms with van der Waals surface area (Å²) in [5.74, 6) is 0.598. The third kappa shape index (κ3) is 5.55. The Labute approximate surface area is 170 Å². The molecule has 1 fully saturated rings. The molecule has 4 nitrogen and oxygen atoms in total. The summed E-state index contributed by atoms with van der Waals surface area (Å²) in [5.41, 5.74) is 2.11. The maximum Gasteiger partial charge on any atom is 0.237 e. The molecule has 0 N–H and O–H groups in total. The van der Waals surface area contributed by atoms with E-state index in [0.29, 0.717) is 32.2 Å². The summed E-state index contributed by atoms with van der Waals surface area (Å²) in [7, 11) is 0. The van der Waals surface area contributed by atoms with E-state index in [9.17, 15) is 9.18 Å². The minimum absolute atomic E-state index is 0.0688. The molecule has 0 bridgehead atoms. The number of carbonyl (C=O) groups excluding carboxylic acids is 1. The van der Waals surface area contributed by atoms with Gasteiger partial charge in [0.15, 0.2) is 0 Å². The first-order valence-electron chi connectivity index (χ1n) is 10.00. The number of hydrogen-bond donors (Lipinski definition) is 0. The first kappa shape index (κ1) is 19.4. The van der Waals surface area contributed by atoms with Crippen molar-refractivity contribution in [3.63, 3.8) is 0 Å². The quantitative estimate of drug-likeness (QED) is 0.534. The van der Waals surface area contributed by atoms with Gasteiger partial charge in [0.1, 0.15) is 11.6 Å². The van der Waals surface area contributed by atoms with Crippen molar-refractivity contribution in [1.29, 1.82) is 0 Å². The lowest BCUT2D eigenvalue weighted by Crippen LogP contribution is -2.40. The summed E-state index contributed by atoms with van der Waals surface area (Å²) in [6, 6.07) is 20.7. The lowest BCUT2D eigenvalue weighted by molar-refractivity contribution is -0.134. The third-order valence-electron chi connectivity index (χ3n) is 5.20. The second-order valence-electron chi connectivity index (χ2n) is 7.58. The van der Waals surface area contributed by atoms with Crippen molar-refractivity contribution in [2.45, 2.75) is 38.5 Å². The molecule has 4 rings (SSSR count). The zero-order chi connectivity index (χ0) is 20.1. The van der Waals surface area contributed by atoms with Gasteiger partial charge < -0.3 is 9.32 Å². The fourth-order valence-corrected chi connectivity index (χ4v) is 3.48. The number of carbonyl (C=O) groups is 1. The fourth-order valence-electron chi connectivity index (χ4n) is 3.48. The summed E-state index contributed by atoms with van der Waals surface area (Å²) in [6.45, 7) is 1.97. The summed E-state index contributed by atoms with van der Waals surface area (Å²) in [5, 5.41) is 0. The van der Waals surface area contributed by atoms with Crippen molar-refractivity contribution in [1.82, 2.24) is 9.80 Å². The van der Waals surface area contributed by atoms with E-state index >= 15 is 0 Å². The number of benzene rings is 2. The van der Waals surface area contributed by atoms with Gasteiger partial charge >= 0.3 is 0 Å². The predicted octanol–water partition coefficient (Wildman–Crippen LogP) is 4.61. The molecule has 1 heterocycles. The van der Waals surface area contributed by atoms with Gasteiger partial charge in [-0.05, 0) is 48.2 Å². The number of rotatable bonds is 9. The van der Waals surface area contributed by atoms with Crippen molar-refractivity contribution >= 4 is 5.91 Å². The van der Waals surface area contributed by atoms with Crippen LogP contribution >= 0.6 is 0 Å². The molecule has 0 saturated heterocycles. The van der Waals surface area contributed by atoms with Crippen LogP contribution in [-0.4, -0.2) is 28.3 Å². The highest BCUT2D eigenvalue weighted by Crippen LogP contribution is 2.28. The highest BCUT2D eigenvalue weighted by molar-refractivity contribution is 5.78. The van der Waals surface area contributed by atoms with Crippen LogP contribution in [0.2, 0.25) is 0 Å². The van der Waals surface area contributed by atoms with Crippen molar-refractivity contribution in [3.8, 4) is 0 Å². The van der Waals surface area contributed by atoms with Crippen molar-refractivity contribution in [3.05, 3.63) is 95.7 Å². The smallest absolute Gasteiger partial charge is 0.237 e. The number of furan rings is 1. The van der Waals surface area contributed by atoms with Crippen LogP contribution < -0.4 is 0 Å². The van der Waals surface area contributed by atoms with E-state index in [-0.39, 0.29) is 11.7 Å². The summed E-state index contributed by atoms with van der Waals surface area (Å²) in [4.78, 5) is 17.3. The lowest BCUT2D eigenvalue weighted by atomic mass is 10.2. The van der Waals surface area contributed by atoms with Gasteiger partial charge in [-0.15, -0.1) is 0 Å². The van der Waals surface area contributed by atoms with Crippen LogP contribution in [0.25, 0.3) is 0 Å². The highest BCUT2D eigenvalue weighted by Gasteiger charge is 2.31. The fraction of sp³-hybridized carbons (Fsp3) is 0.292. The van der Waals surface area contributed by atoms with Gasteiger partial charge in [0.25, 0.3) is 0 Å². The molecule has 1 amide bonds. The van der Waals surface area contributed by atoms with E-state index in [2.05, 4.69) is 4.90 Å². The Kier molecular flexibility index (Phi) is 6.06. The Bertz CT molecular complexity index is 906. The minimum Gasteiger partial charge on any atom is -0.467 e. The van der Waals surface area contributed by atoms with Gasteiger partial charge in [-0.25, -0.2) is 4.39 Å². The van der Waals surface area contributed by atoms with E-state index in [4.69, 9.17) is 4.42 Å². The second-order valence-corrected chi connectivity index (χ2v) is 7.58. The molecule has 0 radical (unpaired) electrons. The standard InChI is InChI=1S/C24H25FN2O2/c25-21-10-8-20(9-11-21)15-26(22-12-13-22)18-24(28)27(17-23-7-4-14-29-23)16-19-5-2-1-3-6-19/h1-11,14,22H,12-13,15-18H2. The lowest BCUT2D eigenvalue weighted by Gasteiger charge is -2.27. The van der Waals surface area contributed by atoms with E-state index in [1.807, 2.05) is 47.4 Å². The Morgan fingerprint density at radius 1 is 0.897 bits per heavy atom. The van der Waals surface area contributed by atoms with Gasteiger partial charge in [-0.3, -0.25) is 9.69 Å². The van der Waals surface area contributed by atoms with Crippen molar-refractivity contribution < 1.29 is 13.6 Å². The van der Waals surface area contributed by atoms with E-state index in [1.54, 1.807) is 18.4 Å². The molecule has 0 atom stereocenters. The first-order valence-corrected chi connectivity index (χ1v) is 10.00. The van der Waals surface area contributed by atoms with Gasteiger partial charge in [-0.2, -0.15) is 0 Å². The zero-order valence-electron chi connectivity index (χ0n) is 16.3. The molecule has 5 heteroatoms. The van der Waals surface area contributed by atoms with Crippen LogP contribution in [0.15, 0.2) is 77.4 Å². The Morgan fingerprint density at radius 2 is 1.62 bits per heavy atom. The monoisotopic (exact) mass is 392 g/mol. The number of amides is 1. The Balaban J connectivity index is 1.46. The van der Waals surface area contributed by atoms with Crippen molar-refractivity contribution in [2.24, 2.45) is 0 Å². The number of hydrogen-bond acceptors (Lipinski definition) is 3. The van der Waals surface area contributed by atoms with Crippen LogP contribution in [0.1, 0.15) is 29.7 Å². The molecule has 29 heavy (non-hydrogen) atoms. The summed E-state index contributed by atoms with van der Waals surface area (Å²) >= 11 is 0. The van der Waals surface area contributed by atoms with Gasteiger partial charge in [0.2, 0.25) is 5.91 Å². The molecule has 3 aromatic rings. The molecule has 0 spiro atoms. The summed E-state index contributed by atoms with van der Waals surface area (Å²) in [6.07, 6.45) is 3.84. The maximum absolute atomic E-state index is 13.2. The molecule has 0 unspecified atom stereocenters. The van der Waals surface area contributed by atoms with Gasteiger partial charge in [-0.1, -0.05) is 42.5 Å². The minimum atomic E-state index is -0.240. The zero-order valence-corrected chi connectivity index (χ0v) is 16.3. The topological polar surface area (TPSA) is 36.7 Å². The molecular formula is C24H25FN2O2. The Hall–Kier alpha value is -2.92. The normalized spacial score (nSPS) is 13.6. The average molecular weight is 392 g/mol. The highest BCUT2D eigenvalue weighted by atomic mass is 19.1. The molecule has 1 aromatic heterocycles. The predicted molar refractivity (Wildman–Crippen MR) is 109 cm³/mol. The van der Waals surface area contributed by atoms with E-state index in [0.717, 1.165) is 29.7 Å². The molecule has 2 aromatic carbocycles. The van der Waals surface area contributed by atoms with Gasteiger partial charge in [0.05, 0.1) is 19.4 Å². The van der Waals surface area contributed by atoms with E-state index < -0.39 is 0 Å². The SMILES string of the molecule is O=C(CN(Cc1ccc(F)cc1)C1CC1)N(Cc1ccccc1)Cc1ccco1. The molecular weight excluding hydrogens is 367 g/mol. The summed E-state index contributed by atoms with van der Waals surface area (Å²) < 4.78 is 18.7. The number of nitrogens with zero attached hydrogens (tertiary/aromatic N) is 2. The molecule has 150 valence electrons. The second kappa shape index (κ2) is 9.05. The van der Waals surface area contributed by atoms with E-state index in [1.165, 1.54) is 12.1 Å². The average Bonchev–Trinajstić information content (AvgIpc) is 3.46. The third-order valence-corrected chi connectivity index (χ3v) is 5.20. The maximum atomic E-state index is 13.2. The first-order chi connectivity index (χ1) is 14.2. The van der Waals surface area contributed by atoms with Crippen LogP contribution in [0.3, 0.4) is 0 Å². The molecule has 0 aliphatic heterocycles. The van der Waals surface area contributed by atoms with Crippen molar-refractivity contribution in [2.75, 3.05) is 6.54 Å². The van der Waals surface area contributed by atoms with Crippen LogP contribution in [0, 0.1) is 5.82 Å².